The Morgan fingerprint density at radius 2 is 1.46 bits per heavy atom. The lowest BCUT2D eigenvalue weighted by molar-refractivity contribution is -0.135. The summed E-state index contributed by atoms with van der Waals surface area (Å²) in [5, 5.41) is 18.4. The number of hydrogen-bond donors (Lipinski definition) is 11. The molecule has 0 aliphatic carbocycles. The van der Waals surface area contributed by atoms with Crippen LogP contribution in [0, 0.1) is 0 Å². The molecule has 0 bridgehead atoms. The predicted octanol–water partition coefficient (Wildman–Crippen LogP) is -3.07. The summed E-state index contributed by atoms with van der Waals surface area (Å²) >= 11 is 0. The quantitative estimate of drug-likeness (QED) is 0.0424. The molecule has 1 aromatic rings. The summed E-state index contributed by atoms with van der Waals surface area (Å²) in [6, 6.07) is -0.734. The van der Waals surface area contributed by atoms with Gasteiger partial charge in [-0.3, -0.25) is 43.3 Å². The Balaban J connectivity index is 2.61. The zero-order valence-electron chi connectivity index (χ0n) is 34.1. The van der Waals surface area contributed by atoms with Crippen LogP contribution in [0.3, 0.4) is 0 Å². The van der Waals surface area contributed by atoms with E-state index in [1.807, 2.05) is 6.92 Å². The highest BCUT2D eigenvalue weighted by Gasteiger charge is 2.33. The van der Waals surface area contributed by atoms with E-state index < -0.39 is 83.5 Å². The van der Waals surface area contributed by atoms with E-state index in [1.165, 1.54) is 14.0 Å². The molecule has 1 aliphatic heterocycles. The molecule has 0 radical (unpaired) electrons. The molecule has 21 heteroatoms. The van der Waals surface area contributed by atoms with Gasteiger partial charge in [-0.2, -0.15) is 0 Å². The maximum Gasteiger partial charge on any atom is 0.243 e. The summed E-state index contributed by atoms with van der Waals surface area (Å²) in [7, 11) is 1.49. The van der Waals surface area contributed by atoms with Crippen LogP contribution in [-0.2, 0) is 44.8 Å². The third-order valence-electron chi connectivity index (χ3n) is 9.39. The Morgan fingerprint density at radius 3 is 2.05 bits per heavy atom. The summed E-state index contributed by atoms with van der Waals surface area (Å²) in [4.78, 5) is 111. The van der Waals surface area contributed by atoms with Gasteiger partial charge < -0.3 is 64.9 Å². The number of aliphatic imine (C=N–C) groups is 1. The van der Waals surface area contributed by atoms with Crippen molar-refractivity contribution in [2.24, 2.45) is 27.9 Å². The van der Waals surface area contributed by atoms with Crippen LogP contribution in [0.25, 0.3) is 0 Å². The smallest absolute Gasteiger partial charge is 0.243 e. The van der Waals surface area contributed by atoms with Crippen molar-refractivity contribution in [3.63, 3.8) is 0 Å². The molecule has 0 aromatic heterocycles. The Labute approximate surface area is 344 Å². The van der Waals surface area contributed by atoms with Crippen molar-refractivity contribution >= 4 is 53.2 Å². The van der Waals surface area contributed by atoms with Crippen LogP contribution in [0.2, 0.25) is 0 Å². The molecule has 1 saturated heterocycles. The monoisotopic (exact) mass is 830 g/mol. The fraction of sp³-hybridized carbons (Fsp3) is 0.605. The minimum Gasteiger partial charge on any atom is -0.497 e. The number of methoxy groups -OCH3 is 1. The van der Waals surface area contributed by atoms with Crippen molar-refractivity contribution in [2.45, 2.75) is 121 Å². The number of nitrogens with one attached hydrogen (secondary N) is 7. The highest BCUT2D eigenvalue weighted by Crippen LogP contribution is 2.14. The topological polar surface area (TPSA) is 346 Å². The molecule has 0 spiro atoms. The molecule has 59 heavy (non-hydrogen) atoms. The molecule has 1 aliphatic rings. The second-order valence-corrected chi connectivity index (χ2v) is 14.2. The van der Waals surface area contributed by atoms with E-state index >= 15 is 0 Å². The zero-order valence-corrected chi connectivity index (χ0v) is 34.1. The number of nitrogens with two attached hydrogens (primary N) is 4. The van der Waals surface area contributed by atoms with E-state index in [1.54, 1.807) is 24.3 Å². The standard InChI is InChI=1S/C38H62N12O9/c1-4-5-8-26(45-22(2)51)33(54)49-29-15-16-31(52)43-20-17-25(32(40)53)46-34(55)28(10-7-19-44-38(41)42)48-37(58)30(21-23-11-13-24(59-3)14-12-23)50-35(56)27(9-6-18-39)47-36(29)57/h11-14,25-30H,4-10,15-21,39H2,1-3H3,(H2,40,53)(H,43,52)(H,45,51)(H,46,55)(H,47,57)(H,48,58)(H,49,54)(H,50,56)(H4,41,42,44)/t25?,26-,27-,28-,29?,30?/m0/s1. The molecule has 328 valence electrons. The van der Waals surface area contributed by atoms with Gasteiger partial charge in [-0.25, -0.2) is 0 Å². The van der Waals surface area contributed by atoms with Gasteiger partial charge in [0, 0.05) is 32.9 Å². The second-order valence-electron chi connectivity index (χ2n) is 14.2. The number of amides is 8. The summed E-state index contributed by atoms with van der Waals surface area (Å²) in [5.41, 5.74) is 22.9. The van der Waals surface area contributed by atoms with Gasteiger partial charge in [-0.15, -0.1) is 0 Å². The summed E-state index contributed by atoms with van der Waals surface area (Å²) < 4.78 is 5.25. The summed E-state index contributed by atoms with van der Waals surface area (Å²) in [6.45, 7) is 3.30. The third-order valence-corrected chi connectivity index (χ3v) is 9.39. The Morgan fingerprint density at radius 1 is 0.847 bits per heavy atom. The van der Waals surface area contributed by atoms with E-state index in [0.29, 0.717) is 17.7 Å². The van der Waals surface area contributed by atoms with Gasteiger partial charge in [0.15, 0.2) is 5.96 Å². The van der Waals surface area contributed by atoms with Crippen LogP contribution in [0.1, 0.15) is 83.6 Å². The largest absolute Gasteiger partial charge is 0.497 e. The lowest BCUT2D eigenvalue weighted by Crippen LogP contribution is -2.60. The van der Waals surface area contributed by atoms with Crippen LogP contribution >= 0.6 is 0 Å². The number of guanidine groups is 1. The Bertz CT molecular complexity index is 1620. The van der Waals surface area contributed by atoms with Crippen LogP contribution in [0.15, 0.2) is 29.3 Å². The third kappa shape index (κ3) is 18.4. The number of unbranched alkanes of at least 4 members (excludes halogenated alkanes) is 1. The summed E-state index contributed by atoms with van der Waals surface area (Å²) in [5.74, 6) is -5.35. The number of ether oxygens (including phenoxy) is 1. The Hall–Kier alpha value is -5.99. The van der Waals surface area contributed by atoms with Crippen molar-refractivity contribution in [3.05, 3.63) is 29.8 Å². The highest BCUT2D eigenvalue weighted by atomic mass is 16.5. The first-order valence-corrected chi connectivity index (χ1v) is 19.8. The number of benzene rings is 1. The molecule has 1 fully saturated rings. The number of rotatable bonds is 17. The van der Waals surface area contributed by atoms with Crippen LogP contribution < -0.4 is 64.9 Å². The van der Waals surface area contributed by atoms with Crippen molar-refractivity contribution in [1.29, 1.82) is 0 Å². The SMILES string of the molecule is CCCC[C@H](NC(C)=O)C(=O)NC1CCC(=O)NCCC(C(N)=O)NC(=O)[C@H](CCCN=C(N)N)NC(=O)C(Cc2ccc(OC)cc2)NC(=O)[C@H](CCCN)NC1=O. The fourth-order valence-corrected chi connectivity index (χ4v) is 6.13. The number of carbonyl (C=O) groups excluding carboxylic acids is 8. The van der Waals surface area contributed by atoms with E-state index in [0.717, 1.165) is 6.42 Å². The molecular formula is C38H62N12O9. The van der Waals surface area contributed by atoms with Gasteiger partial charge in [-0.1, -0.05) is 31.9 Å². The molecule has 0 saturated carbocycles. The van der Waals surface area contributed by atoms with E-state index in [4.69, 9.17) is 27.7 Å². The molecule has 1 heterocycles. The minimum absolute atomic E-state index is 0.00328. The number of hydrogen-bond acceptors (Lipinski definition) is 11. The van der Waals surface area contributed by atoms with Crippen LogP contribution in [-0.4, -0.2) is 116 Å². The lowest BCUT2D eigenvalue weighted by atomic mass is 10.0. The molecule has 1 aromatic carbocycles. The lowest BCUT2D eigenvalue weighted by Gasteiger charge is -2.27. The molecule has 2 rings (SSSR count). The molecule has 3 unspecified atom stereocenters. The molecule has 15 N–H and O–H groups in total. The van der Waals surface area contributed by atoms with E-state index in [-0.39, 0.29) is 83.4 Å². The van der Waals surface area contributed by atoms with Gasteiger partial charge in [0.25, 0.3) is 0 Å². The number of primary amides is 1. The first-order chi connectivity index (χ1) is 28.1. The summed E-state index contributed by atoms with van der Waals surface area (Å²) in [6.07, 6.45) is 1.41. The molecule has 6 atom stereocenters. The van der Waals surface area contributed by atoms with Crippen LogP contribution in [0.4, 0.5) is 0 Å². The Kier molecular flexibility index (Phi) is 21.7. The molecule has 21 nitrogen and oxygen atoms in total. The van der Waals surface area contributed by atoms with Crippen molar-refractivity contribution in [1.82, 2.24) is 37.2 Å². The number of carbonyl (C=O) groups is 8. The molecule has 8 amide bonds. The van der Waals surface area contributed by atoms with Gasteiger partial charge in [0.2, 0.25) is 47.3 Å². The minimum atomic E-state index is -1.35. The van der Waals surface area contributed by atoms with Gasteiger partial charge >= 0.3 is 0 Å². The highest BCUT2D eigenvalue weighted by molar-refractivity contribution is 5.97. The maximum atomic E-state index is 14.1. The van der Waals surface area contributed by atoms with Crippen molar-refractivity contribution < 1.29 is 43.1 Å². The first kappa shape index (κ1) is 49.2. The first-order valence-electron chi connectivity index (χ1n) is 19.8. The van der Waals surface area contributed by atoms with E-state index in [9.17, 15) is 38.4 Å². The predicted molar refractivity (Wildman–Crippen MR) is 218 cm³/mol. The van der Waals surface area contributed by atoms with Crippen molar-refractivity contribution in [3.8, 4) is 5.75 Å². The van der Waals surface area contributed by atoms with Crippen molar-refractivity contribution in [2.75, 3.05) is 26.7 Å². The van der Waals surface area contributed by atoms with Gasteiger partial charge in [0.1, 0.15) is 42.0 Å². The van der Waals surface area contributed by atoms with E-state index in [2.05, 4.69) is 42.2 Å². The second kappa shape index (κ2) is 26.1. The maximum absolute atomic E-state index is 14.1. The van der Waals surface area contributed by atoms with Crippen LogP contribution in [0.5, 0.6) is 5.75 Å². The average Bonchev–Trinajstić information content (AvgIpc) is 3.19. The zero-order chi connectivity index (χ0) is 43.9. The van der Waals surface area contributed by atoms with Gasteiger partial charge in [0.05, 0.1) is 7.11 Å². The molecular weight excluding hydrogens is 768 g/mol. The fourth-order valence-electron chi connectivity index (χ4n) is 6.13. The van der Waals surface area contributed by atoms with Gasteiger partial charge in [-0.05, 0) is 69.2 Å². The average molecular weight is 831 g/mol. The normalized spacial score (nSPS) is 21.6. The number of nitrogens with zero attached hydrogens (tertiary/aromatic N) is 1.